The number of hydrogen-bond donors (Lipinski definition) is 0. The van der Waals surface area contributed by atoms with E-state index in [1.165, 1.54) is 0 Å². The van der Waals surface area contributed by atoms with Crippen molar-refractivity contribution in [2.45, 2.75) is 31.7 Å². The highest BCUT2D eigenvalue weighted by atomic mass is 35.5. The van der Waals surface area contributed by atoms with Gasteiger partial charge in [0.05, 0.1) is 19.8 Å². The van der Waals surface area contributed by atoms with Crippen molar-refractivity contribution in [2.75, 3.05) is 19.8 Å². The second kappa shape index (κ2) is 6.86. The first kappa shape index (κ1) is 13.5. The fraction of sp³-hybridized carbons (Fsp3) is 0.571. The summed E-state index contributed by atoms with van der Waals surface area (Å²) in [7, 11) is 0. The molecule has 1 saturated heterocycles. The van der Waals surface area contributed by atoms with Gasteiger partial charge in [0.15, 0.2) is 11.5 Å². The first-order valence-electron chi connectivity index (χ1n) is 6.39. The summed E-state index contributed by atoms with van der Waals surface area (Å²) in [6, 6.07) is 5.87. The minimum atomic E-state index is 0.222. The molecule has 1 fully saturated rings. The van der Waals surface area contributed by atoms with Gasteiger partial charge in [-0.05, 0) is 24.6 Å². The third kappa shape index (κ3) is 3.53. The van der Waals surface area contributed by atoms with E-state index in [-0.39, 0.29) is 6.10 Å². The fourth-order valence-corrected chi connectivity index (χ4v) is 2.14. The average molecular weight is 271 g/mol. The van der Waals surface area contributed by atoms with E-state index in [1.807, 2.05) is 25.1 Å². The Balaban J connectivity index is 2.09. The van der Waals surface area contributed by atoms with Crippen LogP contribution in [0.15, 0.2) is 18.2 Å². The normalized spacial score (nSPS) is 16.6. The van der Waals surface area contributed by atoms with E-state index in [0.717, 1.165) is 43.1 Å². The fourth-order valence-electron chi connectivity index (χ4n) is 1.97. The molecule has 0 radical (unpaired) electrons. The van der Waals surface area contributed by atoms with Gasteiger partial charge in [0.1, 0.15) is 6.10 Å². The van der Waals surface area contributed by atoms with E-state index in [4.69, 9.17) is 25.8 Å². The van der Waals surface area contributed by atoms with E-state index in [0.29, 0.717) is 12.5 Å². The zero-order valence-corrected chi connectivity index (χ0v) is 11.4. The van der Waals surface area contributed by atoms with Crippen LogP contribution in [-0.2, 0) is 10.6 Å². The van der Waals surface area contributed by atoms with E-state index >= 15 is 0 Å². The minimum absolute atomic E-state index is 0.222. The molecule has 1 aliphatic rings. The zero-order valence-electron chi connectivity index (χ0n) is 10.7. The van der Waals surface area contributed by atoms with Crippen molar-refractivity contribution in [3.8, 4) is 11.5 Å². The Kier molecular flexibility index (Phi) is 5.14. The van der Waals surface area contributed by atoms with Gasteiger partial charge in [0, 0.05) is 18.7 Å². The molecule has 1 heterocycles. The lowest BCUT2D eigenvalue weighted by Gasteiger charge is -2.24. The Hall–Kier alpha value is -0.930. The molecule has 100 valence electrons. The summed E-state index contributed by atoms with van der Waals surface area (Å²) in [6.07, 6.45) is 2.09. The average Bonchev–Trinajstić information content (AvgIpc) is 2.42. The van der Waals surface area contributed by atoms with Crippen molar-refractivity contribution in [2.24, 2.45) is 0 Å². The van der Waals surface area contributed by atoms with Gasteiger partial charge in [-0.2, -0.15) is 0 Å². The standard InChI is InChI=1S/C14H19ClO3/c1-2-17-14-9-11(10-15)3-4-13(14)18-12-5-7-16-8-6-12/h3-4,9,12H,2,5-8,10H2,1H3. The third-order valence-corrected chi connectivity index (χ3v) is 3.23. The van der Waals surface area contributed by atoms with Crippen LogP contribution in [0.25, 0.3) is 0 Å². The van der Waals surface area contributed by atoms with Crippen molar-refractivity contribution >= 4 is 11.6 Å². The molecule has 0 aliphatic carbocycles. The Labute approximate surface area is 113 Å². The number of halogens is 1. The molecule has 1 aliphatic heterocycles. The molecule has 0 N–H and O–H groups in total. The summed E-state index contributed by atoms with van der Waals surface area (Å²) in [5.41, 5.74) is 1.04. The lowest BCUT2D eigenvalue weighted by molar-refractivity contribution is 0.0243. The molecule has 1 aromatic carbocycles. The summed E-state index contributed by atoms with van der Waals surface area (Å²) >= 11 is 5.83. The topological polar surface area (TPSA) is 27.7 Å². The van der Waals surface area contributed by atoms with Crippen molar-refractivity contribution in [1.82, 2.24) is 0 Å². The van der Waals surface area contributed by atoms with Crippen LogP contribution >= 0.6 is 11.6 Å². The number of rotatable bonds is 5. The Morgan fingerprint density at radius 2 is 2.06 bits per heavy atom. The van der Waals surface area contributed by atoms with Crippen LogP contribution in [0.5, 0.6) is 11.5 Å². The second-order valence-corrected chi connectivity index (χ2v) is 4.54. The van der Waals surface area contributed by atoms with E-state index in [2.05, 4.69) is 0 Å². The molecule has 1 aromatic rings. The van der Waals surface area contributed by atoms with E-state index in [9.17, 15) is 0 Å². The highest BCUT2D eigenvalue weighted by Crippen LogP contribution is 2.31. The molecule has 0 spiro atoms. The molecular formula is C14H19ClO3. The smallest absolute Gasteiger partial charge is 0.161 e. The van der Waals surface area contributed by atoms with Gasteiger partial charge in [-0.3, -0.25) is 0 Å². The number of benzene rings is 1. The van der Waals surface area contributed by atoms with Crippen molar-refractivity contribution in [3.63, 3.8) is 0 Å². The van der Waals surface area contributed by atoms with Crippen LogP contribution < -0.4 is 9.47 Å². The molecule has 0 aromatic heterocycles. The molecule has 18 heavy (non-hydrogen) atoms. The van der Waals surface area contributed by atoms with Gasteiger partial charge >= 0.3 is 0 Å². The van der Waals surface area contributed by atoms with Crippen molar-refractivity contribution in [1.29, 1.82) is 0 Å². The minimum Gasteiger partial charge on any atom is -0.490 e. The summed E-state index contributed by atoms with van der Waals surface area (Å²) in [5, 5.41) is 0. The molecule has 3 nitrogen and oxygen atoms in total. The number of ether oxygens (including phenoxy) is 3. The van der Waals surface area contributed by atoms with Gasteiger partial charge in [-0.15, -0.1) is 11.6 Å². The quantitative estimate of drug-likeness (QED) is 0.768. The largest absolute Gasteiger partial charge is 0.490 e. The molecule has 0 atom stereocenters. The third-order valence-electron chi connectivity index (χ3n) is 2.92. The summed E-state index contributed by atoms with van der Waals surface area (Å²) in [6.45, 7) is 4.13. The van der Waals surface area contributed by atoms with Gasteiger partial charge in [0.2, 0.25) is 0 Å². The Morgan fingerprint density at radius 1 is 1.28 bits per heavy atom. The lowest BCUT2D eigenvalue weighted by Crippen LogP contribution is -2.26. The molecule has 2 rings (SSSR count). The predicted octanol–water partition coefficient (Wildman–Crippen LogP) is 3.38. The highest BCUT2D eigenvalue weighted by Gasteiger charge is 2.17. The van der Waals surface area contributed by atoms with E-state index in [1.54, 1.807) is 0 Å². The summed E-state index contributed by atoms with van der Waals surface area (Å²) in [4.78, 5) is 0. The maximum absolute atomic E-state index is 5.99. The maximum Gasteiger partial charge on any atom is 0.161 e. The van der Waals surface area contributed by atoms with Crippen LogP contribution in [-0.4, -0.2) is 25.9 Å². The first-order valence-corrected chi connectivity index (χ1v) is 6.93. The number of alkyl halides is 1. The maximum atomic E-state index is 5.99. The predicted molar refractivity (Wildman–Crippen MR) is 71.6 cm³/mol. The van der Waals surface area contributed by atoms with Crippen LogP contribution in [0.1, 0.15) is 25.3 Å². The van der Waals surface area contributed by atoms with E-state index < -0.39 is 0 Å². The molecule has 4 heteroatoms. The van der Waals surface area contributed by atoms with Crippen LogP contribution in [0.3, 0.4) is 0 Å². The van der Waals surface area contributed by atoms with Crippen LogP contribution in [0, 0.1) is 0 Å². The SMILES string of the molecule is CCOc1cc(CCl)ccc1OC1CCOCC1. The Morgan fingerprint density at radius 3 is 2.72 bits per heavy atom. The highest BCUT2D eigenvalue weighted by molar-refractivity contribution is 6.17. The molecule has 0 bridgehead atoms. The van der Waals surface area contributed by atoms with Gasteiger partial charge in [0.25, 0.3) is 0 Å². The van der Waals surface area contributed by atoms with Crippen molar-refractivity contribution < 1.29 is 14.2 Å². The molecular weight excluding hydrogens is 252 g/mol. The molecule has 0 amide bonds. The van der Waals surface area contributed by atoms with Crippen LogP contribution in [0.4, 0.5) is 0 Å². The Bertz CT molecular complexity index is 375. The zero-order chi connectivity index (χ0) is 12.8. The first-order chi connectivity index (χ1) is 8.83. The van der Waals surface area contributed by atoms with Crippen molar-refractivity contribution in [3.05, 3.63) is 23.8 Å². The monoisotopic (exact) mass is 270 g/mol. The summed E-state index contributed by atoms with van der Waals surface area (Å²) in [5.74, 6) is 2.07. The van der Waals surface area contributed by atoms with Gasteiger partial charge < -0.3 is 14.2 Å². The molecule has 0 saturated carbocycles. The van der Waals surface area contributed by atoms with Gasteiger partial charge in [-0.25, -0.2) is 0 Å². The summed E-state index contributed by atoms with van der Waals surface area (Å²) < 4.78 is 16.9. The van der Waals surface area contributed by atoms with Gasteiger partial charge in [-0.1, -0.05) is 6.07 Å². The van der Waals surface area contributed by atoms with Crippen LogP contribution in [0.2, 0.25) is 0 Å². The number of hydrogen-bond acceptors (Lipinski definition) is 3. The molecule has 0 unspecified atom stereocenters. The lowest BCUT2D eigenvalue weighted by atomic mass is 10.1. The second-order valence-electron chi connectivity index (χ2n) is 4.28.